The van der Waals surface area contributed by atoms with Gasteiger partial charge < -0.3 is 40.5 Å². The fourth-order valence-electron chi connectivity index (χ4n) is 8.41. The average molecular weight is 795 g/mol. The van der Waals surface area contributed by atoms with Crippen LogP contribution in [-0.4, -0.2) is 91.4 Å². The van der Waals surface area contributed by atoms with Gasteiger partial charge in [0.05, 0.1) is 43.7 Å². The maximum Gasteiger partial charge on any atom is 0.305 e. The molecule has 10 atom stereocenters. The minimum absolute atomic E-state index is 0.00736. The molecule has 2 aromatic carbocycles. The van der Waals surface area contributed by atoms with E-state index in [2.05, 4.69) is 29.0 Å². The van der Waals surface area contributed by atoms with E-state index < -0.39 is 42.6 Å². The van der Waals surface area contributed by atoms with Crippen LogP contribution in [0.15, 0.2) is 85.0 Å². The molecule has 2 fully saturated rings. The normalized spacial score (nSPS) is 25.7. The van der Waals surface area contributed by atoms with Crippen molar-refractivity contribution in [1.29, 1.82) is 0 Å². The molecule has 0 heterocycles. The Hall–Kier alpha value is -3.38. The second-order valence-electron chi connectivity index (χ2n) is 16.1. The summed E-state index contributed by atoms with van der Waals surface area (Å²) in [6.07, 6.45) is 16.6. The zero-order chi connectivity index (χ0) is 41.4. The highest BCUT2D eigenvalue weighted by atomic mass is 16.5. The molecule has 2 aliphatic rings. The number of carbonyl (C=O) groups is 2. The molecule has 10 heteroatoms. The van der Waals surface area contributed by atoms with Gasteiger partial charge in [0.1, 0.15) is 0 Å². The number of aliphatic hydroxyl groups is 6. The second-order valence-corrected chi connectivity index (χ2v) is 16.1. The van der Waals surface area contributed by atoms with Gasteiger partial charge in [0.15, 0.2) is 0 Å². The molecule has 0 bridgehead atoms. The van der Waals surface area contributed by atoms with E-state index in [1.807, 2.05) is 60.7 Å². The van der Waals surface area contributed by atoms with E-state index in [1.165, 1.54) is 18.2 Å². The SMILES string of the molecule is COC(=O)CCC/C=C\CC1C(O)CC(O)C1CCC(O)CCc1ccccc1.O=C(O)CCC/C=C\CC1C(O)CC(O)C1CCC(O)CCc1ccccc1. The van der Waals surface area contributed by atoms with Crippen LogP contribution in [0.2, 0.25) is 0 Å². The van der Waals surface area contributed by atoms with E-state index in [0.29, 0.717) is 77.0 Å². The van der Waals surface area contributed by atoms with Crippen LogP contribution in [0.4, 0.5) is 0 Å². The Morgan fingerprint density at radius 3 is 1.42 bits per heavy atom. The van der Waals surface area contributed by atoms with Crippen LogP contribution < -0.4 is 0 Å². The molecule has 2 saturated carbocycles. The van der Waals surface area contributed by atoms with E-state index in [0.717, 1.165) is 32.1 Å². The molecule has 4 rings (SSSR count). The molecule has 0 spiro atoms. The van der Waals surface area contributed by atoms with Crippen LogP contribution in [0.25, 0.3) is 0 Å². The lowest BCUT2D eigenvalue weighted by molar-refractivity contribution is -0.140. The van der Waals surface area contributed by atoms with E-state index in [-0.39, 0.29) is 36.1 Å². The molecule has 0 radical (unpaired) electrons. The van der Waals surface area contributed by atoms with E-state index in [9.17, 15) is 40.2 Å². The zero-order valence-corrected chi connectivity index (χ0v) is 33.9. The maximum absolute atomic E-state index is 11.1. The standard InChI is InChI=1S/C24H36O5.C23H34O5/c1-29-24(28)12-8-3-2-7-11-20-21(23(27)17-22(20)26)16-15-19(25)14-13-18-9-5-4-6-10-18;24-18(13-12-17-8-4-3-5-9-17)14-15-20-19(21(25)16-22(20)26)10-6-1-2-7-11-23(27)28/h2,4-7,9-10,19-23,25-27H,3,8,11-17H2,1H3;1,3-6,8-9,18-22,24-26H,2,7,10-16H2,(H,27,28)/b7-2-;6-1-. The number of unbranched alkanes of at least 4 members (excludes halogenated alkanes) is 2. The van der Waals surface area contributed by atoms with Crippen LogP contribution in [0.1, 0.15) is 114 Å². The first-order valence-electron chi connectivity index (χ1n) is 21.2. The Labute approximate surface area is 340 Å². The van der Waals surface area contributed by atoms with Gasteiger partial charge in [-0.3, -0.25) is 9.59 Å². The lowest BCUT2D eigenvalue weighted by Crippen LogP contribution is -2.23. The van der Waals surface area contributed by atoms with E-state index >= 15 is 0 Å². The third-order valence-electron chi connectivity index (χ3n) is 11.8. The molecule has 7 N–H and O–H groups in total. The number of aliphatic carboxylic acids is 1. The Bertz CT molecular complexity index is 1430. The molecule has 318 valence electrons. The summed E-state index contributed by atoms with van der Waals surface area (Å²) in [6, 6.07) is 20.2. The van der Waals surface area contributed by atoms with E-state index in [1.54, 1.807) is 0 Å². The van der Waals surface area contributed by atoms with Crippen molar-refractivity contribution in [1.82, 2.24) is 0 Å². The van der Waals surface area contributed by atoms with Crippen molar-refractivity contribution in [3.05, 3.63) is 96.1 Å². The Kier molecular flexibility index (Phi) is 23.0. The van der Waals surface area contributed by atoms with Gasteiger partial charge in [0.2, 0.25) is 0 Å². The van der Waals surface area contributed by atoms with Gasteiger partial charge in [-0.2, -0.15) is 0 Å². The molecular weight excluding hydrogens is 725 g/mol. The van der Waals surface area contributed by atoms with Gasteiger partial charge in [-0.05, 0) is 138 Å². The maximum atomic E-state index is 11.1. The van der Waals surface area contributed by atoms with Crippen LogP contribution in [-0.2, 0) is 27.2 Å². The third-order valence-corrected chi connectivity index (χ3v) is 11.8. The van der Waals surface area contributed by atoms with Crippen LogP contribution in [0, 0.1) is 23.7 Å². The van der Waals surface area contributed by atoms with Gasteiger partial charge >= 0.3 is 11.9 Å². The largest absolute Gasteiger partial charge is 0.481 e. The first-order valence-corrected chi connectivity index (χ1v) is 21.2. The molecular formula is C47H70O10. The highest BCUT2D eigenvalue weighted by Crippen LogP contribution is 2.39. The summed E-state index contributed by atoms with van der Waals surface area (Å²) in [5, 5.41) is 70.6. The summed E-state index contributed by atoms with van der Waals surface area (Å²) >= 11 is 0. The number of carboxylic acids is 1. The average Bonchev–Trinajstić information content (AvgIpc) is 3.64. The van der Waals surface area contributed by atoms with Crippen molar-refractivity contribution in [3.63, 3.8) is 0 Å². The van der Waals surface area contributed by atoms with Gasteiger partial charge in [-0.15, -0.1) is 0 Å². The highest BCUT2D eigenvalue weighted by Gasteiger charge is 2.41. The number of benzene rings is 2. The molecule has 0 amide bonds. The number of rotatable bonds is 24. The summed E-state index contributed by atoms with van der Waals surface area (Å²) in [5.74, 6) is -0.969. The van der Waals surface area contributed by atoms with Crippen molar-refractivity contribution < 1.29 is 50.1 Å². The summed E-state index contributed by atoms with van der Waals surface area (Å²) in [7, 11) is 1.39. The van der Waals surface area contributed by atoms with Crippen molar-refractivity contribution in [2.45, 2.75) is 152 Å². The Morgan fingerprint density at radius 2 is 1.02 bits per heavy atom. The molecule has 10 nitrogen and oxygen atoms in total. The number of carbonyl (C=O) groups excluding carboxylic acids is 1. The molecule has 57 heavy (non-hydrogen) atoms. The van der Waals surface area contributed by atoms with Crippen LogP contribution >= 0.6 is 0 Å². The zero-order valence-electron chi connectivity index (χ0n) is 33.9. The predicted molar refractivity (Wildman–Crippen MR) is 222 cm³/mol. The fraction of sp³-hybridized carbons (Fsp3) is 0.617. The number of methoxy groups -OCH3 is 1. The third kappa shape index (κ3) is 18.8. The van der Waals surface area contributed by atoms with Gasteiger partial charge in [-0.25, -0.2) is 0 Å². The number of ether oxygens (including phenoxy) is 1. The van der Waals surface area contributed by atoms with Crippen LogP contribution in [0.3, 0.4) is 0 Å². The number of aryl methyl sites for hydroxylation is 2. The molecule has 0 saturated heterocycles. The van der Waals surface area contributed by atoms with Crippen molar-refractivity contribution in [2.24, 2.45) is 23.7 Å². The smallest absolute Gasteiger partial charge is 0.305 e. The highest BCUT2D eigenvalue weighted by molar-refractivity contribution is 5.69. The molecule has 0 aromatic heterocycles. The van der Waals surface area contributed by atoms with Gasteiger partial charge in [-0.1, -0.05) is 85.0 Å². The van der Waals surface area contributed by atoms with E-state index in [4.69, 9.17) is 5.11 Å². The Balaban J connectivity index is 0.000000306. The minimum Gasteiger partial charge on any atom is -0.481 e. The predicted octanol–water partition coefficient (Wildman–Crippen LogP) is 6.73. The van der Waals surface area contributed by atoms with Gasteiger partial charge in [0, 0.05) is 12.8 Å². The van der Waals surface area contributed by atoms with Crippen molar-refractivity contribution in [2.75, 3.05) is 7.11 Å². The number of aliphatic hydroxyl groups excluding tert-OH is 6. The monoisotopic (exact) mass is 794 g/mol. The molecule has 2 aromatic rings. The minimum atomic E-state index is -0.784. The lowest BCUT2D eigenvalue weighted by Gasteiger charge is -2.23. The summed E-state index contributed by atoms with van der Waals surface area (Å²) in [5.41, 5.74) is 2.43. The Morgan fingerprint density at radius 1 is 0.614 bits per heavy atom. The molecule has 2 aliphatic carbocycles. The number of carboxylic acid groups (broad SMARTS) is 1. The number of hydrogen-bond acceptors (Lipinski definition) is 9. The van der Waals surface area contributed by atoms with Crippen molar-refractivity contribution in [3.8, 4) is 0 Å². The molecule has 0 aliphatic heterocycles. The lowest BCUT2D eigenvalue weighted by atomic mass is 9.85. The number of hydrogen-bond donors (Lipinski definition) is 7. The first-order chi connectivity index (χ1) is 27.5. The summed E-state index contributed by atoms with van der Waals surface area (Å²) in [6.45, 7) is 0. The number of allylic oxidation sites excluding steroid dienone is 4. The quantitative estimate of drug-likeness (QED) is 0.0342. The van der Waals surface area contributed by atoms with Crippen LogP contribution in [0.5, 0.6) is 0 Å². The van der Waals surface area contributed by atoms with Crippen molar-refractivity contribution >= 4 is 11.9 Å². The first kappa shape index (κ1) is 48.0. The fourth-order valence-corrected chi connectivity index (χ4v) is 8.41. The number of esters is 1. The van der Waals surface area contributed by atoms with Gasteiger partial charge in [0.25, 0.3) is 0 Å². The second kappa shape index (κ2) is 27.3. The molecule has 10 unspecified atom stereocenters. The topological polar surface area (TPSA) is 185 Å². The summed E-state index contributed by atoms with van der Waals surface area (Å²) in [4.78, 5) is 21.6. The summed E-state index contributed by atoms with van der Waals surface area (Å²) < 4.78 is 4.62.